The van der Waals surface area contributed by atoms with E-state index in [0.717, 1.165) is 0 Å². The van der Waals surface area contributed by atoms with Gasteiger partial charge in [-0.1, -0.05) is 6.58 Å². The highest BCUT2D eigenvalue weighted by molar-refractivity contribution is 5.49. The first-order valence-corrected chi connectivity index (χ1v) is 2.96. The number of nitrogens with one attached hydrogen (secondary N) is 1. The second kappa shape index (κ2) is 2.72. The highest BCUT2D eigenvalue weighted by Crippen LogP contribution is 2.10. The van der Waals surface area contributed by atoms with Crippen molar-refractivity contribution in [1.29, 1.82) is 10.5 Å². The van der Waals surface area contributed by atoms with Crippen LogP contribution in [0.3, 0.4) is 0 Å². The lowest BCUT2D eigenvalue weighted by Gasteiger charge is -2.09. The molecule has 1 N–H and O–H groups in total. The molecule has 0 spiro atoms. The van der Waals surface area contributed by atoms with E-state index in [1.54, 1.807) is 12.2 Å². The van der Waals surface area contributed by atoms with Gasteiger partial charge < -0.3 is 5.32 Å². The van der Waals surface area contributed by atoms with Crippen molar-refractivity contribution < 1.29 is 0 Å². The largest absolute Gasteiger partial charge is 0.346 e. The molecule has 0 unspecified atom stereocenters. The maximum absolute atomic E-state index is 8.49. The van der Waals surface area contributed by atoms with Crippen LogP contribution in [0.5, 0.6) is 0 Å². The normalized spacial score (nSPS) is 15.3. The lowest BCUT2D eigenvalue weighted by molar-refractivity contribution is 1.02. The minimum atomic E-state index is 0.411. The third-order valence-electron chi connectivity index (χ3n) is 1.27. The molecule has 0 atom stereocenters. The topological polar surface area (TPSA) is 59.6 Å². The third-order valence-corrected chi connectivity index (χ3v) is 1.27. The van der Waals surface area contributed by atoms with E-state index < -0.39 is 0 Å². The Balaban J connectivity index is 2.99. The zero-order valence-corrected chi connectivity index (χ0v) is 5.76. The molecular formula is C8H5N3. The van der Waals surface area contributed by atoms with Gasteiger partial charge in [0.1, 0.15) is 17.8 Å². The van der Waals surface area contributed by atoms with Gasteiger partial charge in [0.15, 0.2) is 0 Å². The predicted molar refractivity (Wildman–Crippen MR) is 39.7 cm³/mol. The second-order valence-electron chi connectivity index (χ2n) is 1.99. The van der Waals surface area contributed by atoms with Crippen LogP contribution in [0.25, 0.3) is 0 Å². The number of dihydropyridines is 1. The maximum Gasteiger partial charge on any atom is 0.118 e. The van der Waals surface area contributed by atoms with E-state index in [0.29, 0.717) is 17.0 Å². The first-order chi connectivity index (χ1) is 5.27. The Morgan fingerprint density at radius 1 is 1.27 bits per heavy atom. The van der Waals surface area contributed by atoms with Crippen LogP contribution in [0.2, 0.25) is 0 Å². The number of allylic oxidation sites excluding steroid dienone is 4. The molecule has 52 valence electrons. The van der Waals surface area contributed by atoms with Crippen LogP contribution >= 0.6 is 0 Å². The first-order valence-electron chi connectivity index (χ1n) is 2.96. The molecule has 11 heavy (non-hydrogen) atoms. The van der Waals surface area contributed by atoms with Gasteiger partial charge in [-0.15, -0.1) is 0 Å². The van der Waals surface area contributed by atoms with E-state index in [9.17, 15) is 0 Å². The maximum atomic E-state index is 8.49. The molecule has 1 rings (SSSR count). The fraction of sp³-hybridized carbons (Fsp3) is 0. The molecule has 3 nitrogen and oxygen atoms in total. The standard InChI is InChI=1S/C8H5N3/c1-6-7(4-9)2-3-8(5-10)11-6/h2-3,11H,1H2. The van der Waals surface area contributed by atoms with Crippen LogP contribution in [0.4, 0.5) is 0 Å². The van der Waals surface area contributed by atoms with Crippen molar-refractivity contribution in [3.8, 4) is 12.1 Å². The highest BCUT2D eigenvalue weighted by atomic mass is 14.9. The first kappa shape index (κ1) is 7.11. The van der Waals surface area contributed by atoms with Crippen molar-refractivity contribution >= 4 is 0 Å². The Kier molecular flexibility index (Phi) is 1.76. The van der Waals surface area contributed by atoms with E-state index in [-0.39, 0.29) is 0 Å². The molecule has 1 aliphatic rings. The molecule has 0 aromatic heterocycles. The molecule has 3 heteroatoms. The van der Waals surface area contributed by atoms with Gasteiger partial charge in [-0.25, -0.2) is 0 Å². The Bertz CT molecular complexity index is 333. The number of nitriles is 2. The summed E-state index contributed by atoms with van der Waals surface area (Å²) in [6, 6.07) is 3.86. The van der Waals surface area contributed by atoms with E-state index in [1.165, 1.54) is 0 Å². The lowest BCUT2D eigenvalue weighted by atomic mass is 10.1. The number of hydrogen-bond donors (Lipinski definition) is 1. The minimum absolute atomic E-state index is 0.411. The Morgan fingerprint density at radius 2 is 2.00 bits per heavy atom. The summed E-state index contributed by atoms with van der Waals surface area (Å²) in [5.41, 5.74) is 1.35. The number of nitrogens with zero attached hydrogens (tertiary/aromatic N) is 2. The second-order valence-corrected chi connectivity index (χ2v) is 1.99. The molecular weight excluding hydrogens is 138 g/mol. The quantitative estimate of drug-likeness (QED) is 0.549. The lowest BCUT2D eigenvalue weighted by Crippen LogP contribution is -2.14. The van der Waals surface area contributed by atoms with Crippen LogP contribution in [-0.2, 0) is 0 Å². The van der Waals surface area contributed by atoms with Gasteiger partial charge in [0, 0.05) is 5.70 Å². The summed E-state index contributed by atoms with van der Waals surface area (Å²) in [5.74, 6) is 0. The molecule has 0 aromatic rings. The van der Waals surface area contributed by atoms with Crippen LogP contribution in [0.15, 0.2) is 35.7 Å². The summed E-state index contributed by atoms with van der Waals surface area (Å²) in [5, 5.41) is 19.6. The Morgan fingerprint density at radius 3 is 2.45 bits per heavy atom. The van der Waals surface area contributed by atoms with Gasteiger partial charge in [-0.3, -0.25) is 0 Å². The number of rotatable bonds is 0. The van der Waals surface area contributed by atoms with Crippen LogP contribution in [-0.4, -0.2) is 0 Å². The molecule has 0 saturated heterocycles. The Hall–Kier alpha value is -2.00. The zero-order chi connectivity index (χ0) is 8.27. The summed E-state index contributed by atoms with van der Waals surface area (Å²) in [7, 11) is 0. The molecule has 1 aliphatic heterocycles. The average molecular weight is 143 g/mol. The summed E-state index contributed by atoms with van der Waals surface area (Å²) < 4.78 is 0. The summed E-state index contributed by atoms with van der Waals surface area (Å²) in [6.07, 6.45) is 3.12. The summed E-state index contributed by atoms with van der Waals surface area (Å²) >= 11 is 0. The highest BCUT2D eigenvalue weighted by Gasteiger charge is 2.06. The van der Waals surface area contributed by atoms with E-state index >= 15 is 0 Å². The van der Waals surface area contributed by atoms with Crippen molar-refractivity contribution in [2.45, 2.75) is 0 Å². The molecule has 1 heterocycles. The zero-order valence-electron chi connectivity index (χ0n) is 5.76. The summed E-state index contributed by atoms with van der Waals surface area (Å²) in [4.78, 5) is 0. The molecule has 0 amide bonds. The van der Waals surface area contributed by atoms with Gasteiger partial charge >= 0.3 is 0 Å². The van der Waals surface area contributed by atoms with Gasteiger partial charge in [-0.05, 0) is 12.2 Å². The van der Waals surface area contributed by atoms with Crippen molar-refractivity contribution in [3.63, 3.8) is 0 Å². The third kappa shape index (κ3) is 1.28. The molecule has 0 bridgehead atoms. The van der Waals surface area contributed by atoms with Gasteiger partial charge in [0.05, 0.1) is 5.57 Å². The van der Waals surface area contributed by atoms with E-state index in [2.05, 4.69) is 11.9 Å². The van der Waals surface area contributed by atoms with Crippen molar-refractivity contribution in [3.05, 3.63) is 35.7 Å². The number of hydrogen-bond acceptors (Lipinski definition) is 3. The average Bonchev–Trinajstić information content (AvgIpc) is 2.04. The monoisotopic (exact) mass is 143 g/mol. The molecule has 0 saturated carbocycles. The van der Waals surface area contributed by atoms with Crippen LogP contribution in [0, 0.1) is 22.7 Å². The van der Waals surface area contributed by atoms with Crippen molar-refractivity contribution in [2.75, 3.05) is 0 Å². The predicted octanol–water partition coefficient (Wildman–Crippen LogP) is 0.961. The van der Waals surface area contributed by atoms with Crippen LogP contribution < -0.4 is 5.32 Å². The SMILES string of the molecule is C=C1NC(C#N)=CC=C1C#N. The fourth-order valence-electron chi connectivity index (χ4n) is 0.709. The molecule has 0 aliphatic carbocycles. The molecule has 0 radical (unpaired) electrons. The fourth-order valence-corrected chi connectivity index (χ4v) is 0.709. The summed E-state index contributed by atoms with van der Waals surface area (Å²) in [6.45, 7) is 3.57. The van der Waals surface area contributed by atoms with E-state index in [4.69, 9.17) is 10.5 Å². The smallest absolute Gasteiger partial charge is 0.118 e. The van der Waals surface area contributed by atoms with Gasteiger partial charge in [0.25, 0.3) is 0 Å². The Labute approximate surface area is 64.6 Å². The van der Waals surface area contributed by atoms with Crippen molar-refractivity contribution in [2.24, 2.45) is 0 Å². The molecule has 0 fully saturated rings. The molecule has 0 aromatic carbocycles. The van der Waals surface area contributed by atoms with E-state index in [1.807, 2.05) is 12.1 Å². The van der Waals surface area contributed by atoms with Gasteiger partial charge in [-0.2, -0.15) is 10.5 Å². The van der Waals surface area contributed by atoms with Gasteiger partial charge in [0.2, 0.25) is 0 Å². The van der Waals surface area contributed by atoms with Crippen LogP contribution in [0.1, 0.15) is 0 Å². The minimum Gasteiger partial charge on any atom is -0.346 e. The van der Waals surface area contributed by atoms with Crippen molar-refractivity contribution in [1.82, 2.24) is 5.32 Å².